The third-order valence-electron chi connectivity index (χ3n) is 9.86. The molecule has 1 amide bonds. The lowest BCUT2D eigenvalue weighted by atomic mass is 9.74. The number of aliphatic hydroxyl groups excluding tert-OH is 1. The Balaban J connectivity index is 1.39. The molecule has 1 aromatic carbocycles. The van der Waals surface area contributed by atoms with Crippen molar-refractivity contribution < 1.29 is 24.5 Å². The number of fused-ring (bicyclic) bond motifs is 1. The van der Waals surface area contributed by atoms with E-state index in [0.717, 1.165) is 12.8 Å². The predicted octanol–water partition coefficient (Wildman–Crippen LogP) is 6.01. The Kier molecular flexibility index (Phi) is 7.44. The fraction of sp³-hybridized carbons (Fsp3) is 0.621. The van der Waals surface area contributed by atoms with Crippen molar-refractivity contribution in [3.05, 3.63) is 45.7 Å². The summed E-state index contributed by atoms with van der Waals surface area (Å²) in [4.78, 5) is 27.5. The van der Waals surface area contributed by atoms with Crippen molar-refractivity contribution in [3.63, 3.8) is 0 Å². The van der Waals surface area contributed by atoms with E-state index < -0.39 is 17.5 Å². The zero-order valence-corrected chi connectivity index (χ0v) is 24.4. The summed E-state index contributed by atoms with van der Waals surface area (Å²) >= 11 is 13.2. The molecule has 39 heavy (non-hydrogen) atoms. The number of aromatic nitrogens is 2. The summed E-state index contributed by atoms with van der Waals surface area (Å²) < 4.78 is 7.11. The van der Waals surface area contributed by atoms with E-state index in [0.29, 0.717) is 59.4 Å². The summed E-state index contributed by atoms with van der Waals surface area (Å²) in [5.41, 5.74) is 0.275. The monoisotopic (exact) mass is 577 g/mol. The lowest BCUT2D eigenvalue weighted by molar-refractivity contribution is -0.150. The van der Waals surface area contributed by atoms with Crippen LogP contribution in [0.5, 0.6) is 5.75 Å². The zero-order chi connectivity index (χ0) is 28.3. The van der Waals surface area contributed by atoms with Gasteiger partial charge >= 0.3 is 5.97 Å². The second-order valence-electron chi connectivity index (χ2n) is 12.4. The quantitative estimate of drug-likeness (QED) is 0.397. The molecule has 1 aromatic heterocycles. The Labute approximate surface area is 239 Å². The third kappa shape index (κ3) is 4.93. The fourth-order valence-electron chi connectivity index (χ4n) is 7.02. The Hall–Kier alpha value is -2.29. The molecule has 3 aliphatic rings. The van der Waals surface area contributed by atoms with Crippen molar-refractivity contribution in [1.82, 2.24) is 14.7 Å². The number of ether oxygens (including phenoxy) is 1. The minimum atomic E-state index is -1.05. The van der Waals surface area contributed by atoms with Crippen molar-refractivity contribution in [1.29, 1.82) is 0 Å². The number of aliphatic hydroxyl groups is 1. The second kappa shape index (κ2) is 10.3. The van der Waals surface area contributed by atoms with E-state index >= 15 is 0 Å². The lowest BCUT2D eigenvalue weighted by Crippen LogP contribution is -2.43. The van der Waals surface area contributed by atoms with Crippen LogP contribution in [-0.2, 0) is 4.79 Å². The van der Waals surface area contributed by atoms with E-state index in [1.165, 1.54) is 13.3 Å². The van der Waals surface area contributed by atoms with Crippen LogP contribution in [0.2, 0.25) is 10.2 Å². The number of carbonyl (C=O) groups is 2. The molecule has 0 saturated heterocycles. The number of benzene rings is 1. The molecular weight excluding hydrogens is 541 g/mol. The van der Waals surface area contributed by atoms with Crippen molar-refractivity contribution in [2.24, 2.45) is 22.7 Å². The van der Waals surface area contributed by atoms with Crippen molar-refractivity contribution >= 4 is 35.1 Å². The van der Waals surface area contributed by atoms with Crippen LogP contribution < -0.4 is 4.74 Å². The molecule has 1 heterocycles. The van der Waals surface area contributed by atoms with Gasteiger partial charge in [0.25, 0.3) is 5.91 Å². The Morgan fingerprint density at radius 3 is 2.41 bits per heavy atom. The number of methoxy groups -OCH3 is 1. The highest BCUT2D eigenvalue weighted by Crippen LogP contribution is 2.67. The van der Waals surface area contributed by atoms with Gasteiger partial charge in [0.15, 0.2) is 0 Å². The van der Waals surface area contributed by atoms with Crippen molar-refractivity contribution in [3.8, 4) is 5.75 Å². The number of rotatable bonds is 8. The minimum absolute atomic E-state index is 0.0333. The average Bonchev–Trinajstić information content (AvgIpc) is 3.27. The van der Waals surface area contributed by atoms with Gasteiger partial charge in [-0.05, 0) is 74.8 Å². The second-order valence-corrected chi connectivity index (χ2v) is 13.1. The minimum Gasteiger partial charge on any atom is -0.496 e. The number of carboxylic acids is 1. The molecular formula is C29H37Cl2N3O5. The van der Waals surface area contributed by atoms with Crippen molar-refractivity contribution in [2.45, 2.75) is 77.5 Å². The van der Waals surface area contributed by atoms with Crippen molar-refractivity contribution in [2.75, 3.05) is 13.7 Å². The molecule has 0 bridgehead atoms. The standard InChI is InChI=1S/C29H37Cl2N3O5/c1-28(2)19-12-17(13-20(19)28)33(15-22(35)24-21(30)6-5-7-23(24)39-4)26(36)18-14-32-34(25(18)31)16-8-10-29(3,11-9-16)27(37)38/h5-7,14,16-17,19-20,22,35H,8-13,15H2,1-4H3,(H,37,38)/t16-,17-,19+,20-,22-,29-/m0/s1. The van der Waals surface area contributed by atoms with Gasteiger partial charge in [-0.3, -0.25) is 14.3 Å². The number of carbonyl (C=O) groups excluding carboxylic acids is 1. The van der Waals surface area contributed by atoms with Gasteiger partial charge in [0.1, 0.15) is 17.0 Å². The maximum atomic E-state index is 14.1. The normalized spacial score (nSPS) is 29.9. The van der Waals surface area contributed by atoms with Crippen LogP contribution in [-0.4, -0.2) is 56.5 Å². The number of nitrogens with zero attached hydrogens (tertiary/aromatic N) is 3. The lowest BCUT2D eigenvalue weighted by Gasteiger charge is -2.34. The molecule has 3 aliphatic carbocycles. The molecule has 2 aromatic rings. The molecule has 4 atom stereocenters. The summed E-state index contributed by atoms with van der Waals surface area (Å²) in [6.07, 6.45) is 4.47. The molecule has 0 aliphatic heterocycles. The van der Waals surface area contributed by atoms with E-state index in [-0.39, 0.29) is 35.1 Å². The summed E-state index contributed by atoms with van der Waals surface area (Å²) in [5.74, 6) is 0.508. The largest absolute Gasteiger partial charge is 0.496 e. The molecule has 0 radical (unpaired) electrons. The van der Waals surface area contributed by atoms with Gasteiger partial charge < -0.3 is 19.8 Å². The van der Waals surface area contributed by atoms with Gasteiger partial charge in [0.2, 0.25) is 0 Å². The third-order valence-corrected chi connectivity index (χ3v) is 10.6. The number of amides is 1. The van der Waals surface area contributed by atoms with Crippen LogP contribution in [0.1, 0.15) is 87.4 Å². The first kappa shape index (κ1) is 28.2. The Bertz CT molecular complexity index is 1260. The first-order valence-corrected chi connectivity index (χ1v) is 14.4. The zero-order valence-electron chi connectivity index (χ0n) is 22.9. The van der Waals surface area contributed by atoms with Gasteiger partial charge in [-0.1, -0.05) is 43.1 Å². The number of carboxylic acid groups (broad SMARTS) is 1. The van der Waals surface area contributed by atoms with Gasteiger partial charge in [-0.25, -0.2) is 0 Å². The molecule has 5 rings (SSSR count). The summed E-state index contributed by atoms with van der Waals surface area (Å²) in [5, 5.41) is 26.0. The topological polar surface area (TPSA) is 105 Å². The van der Waals surface area contributed by atoms with Crippen LogP contribution >= 0.6 is 23.2 Å². The van der Waals surface area contributed by atoms with Gasteiger partial charge in [0, 0.05) is 11.6 Å². The summed E-state index contributed by atoms with van der Waals surface area (Å²) in [6, 6.07) is 5.09. The van der Waals surface area contributed by atoms with Gasteiger partial charge in [-0.2, -0.15) is 5.10 Å². The summed E-state index contributed by atoms with van der Waals surface area (Å²) in [7, 11) is 1.52. The average molecular weight is 579 g/mol. The molecule has 3 saturated carbocycles. The Morgan fingerprint density at radius 1 is 1.18 bits per heavy atom. The first-order chi connectivity index (χ1) is 18.4. The van der Waals surface area contributed by atoms with E-state index in [4.69, 9.17) is 27.9 Å². The maximum Gasteiger partial charge on any atom is 0.309 e. The number of halogens is 2. The summed E-state index contributed by atoms with van der Waals surface area (Å²) in [6.45, 7) is 6.37. The Morgan fingerprint density at radius 2 is 1.82 bits per heavy atom. The molecule has 8 nitrogen and oxygen atoms in total. The molecule has 0 unspecified atom stereocenters. The highest BCUT2D eigenvalue weighted by atomic mass is 35.5. The highest BCUT2D eigenvalue weighted by Gasteiger charge is 2.63. The van der Waals surface area contributed by atoms with E-state index in [1.54, 1.807) is 34.7 Å². The number of aliphatic carboxylic acids is 1. The van der Waals surface area contributed by atoms with E-state index in [9.17, 15) is 19.8 Å². The fourth-order valence-corrected chi connectivity index (χ4v) is 7.63. The van der Waals surface area contributed by atoms with Gasteiger partial charge in [0.05, 0.1) is 41.9 Å². The van der Waals surface area contributed by atoms with Crippen LogP contribution in [0.4, 0.5) is 0 Å². The van der Waals surface area contributed by atoms with Crippen LogP contribution in [0.15, 0.2) is 24.4 Å². The molecule has 2 N–H and O–H groups in total. The van der Waals surface area contributed by atoms with E-state index in [2.05, 4.69) is 18.9 Å². The van der Waals surface area contributed by atoms with E-state index in [1.807, 2.05) is 0 Å². The van der Waals surface area contributed by atoms with Crippen LogP contribution in [0, 0.1) is 22.7 Å². The molecule has 212 valence electrons. The highest BCUT2D eigenvalue weighted by molar-refractivity contribution is 6.33. The maximum absolute atomic E-state index is 14.1. The molecule has 3 fully saturated rings. The number of hydrogen-bond donors (Lipinski definition) is 2. The SMILES string of the molecule is COc1cccc(Cl)c1[C@@H](O)CN(C(=O)c1cnn([C@H]2CC[C@](C)(C(=O)O)CC2)c1Cl)[C@H]1C[C@@H]2[C@H](C1)C2(C)C. The van der Waals surface area contributed by atoms with Gasteiger partial charge in [-0.15, -0.1) is 0 Å². The van der Waals surface area contributed by atoms with Crippen LogP contribution in [0.3, 0.4) is 0 Å². The smallest absolute Gasteiger partial charge is 0.309 e. The van der Waals surface area contributed by atoms with Crippen LogP contribution in [0.25, 0.3) is 0 Å². The molecule has 10 heteroatoms. The molecule has 0 spiro atoms. The first-order valence-electron chi connectivity index (χ1n) is 13.7. The predicted molar refractivity (Wildman–Crippen MR) is 148 cm³/mol. The number of hydrogen-bond acceptors (Lipinski definition) is 5.